The minimum Gasteiger partial charge on any atom is -0.388 e. The summed E-state index contributed by atoms with van der Waals surface area (Å²) >= 11 is 0. The van der Waals surface area contributed by atoms with Gasteiger partial charge in [-0.1, -0.05) is 32.4 Å². The van der Waals surface area contributed by atoms with Gasteiger partial charge in [-0.2, -0.15) is 0 Å². The van der Waals surface area contributed by atoms with Crippen LogP contribution in [0.3, 0.4) is 0 Å². The second-order valence-electron chi connectivity index (χ2n) is 3.66. The summed E-state index contributed by atoms with van der Waals surface area (Å²) in [6.07, 6.45) is 2.45. The van der Waals surface area contributed by atoms with E-state index in [1.54, 1.807) is 0 Å². The van der Waals surface area contributed by atoms with Gasteiger partial charge in [-0.3, -0.25) is 0 Å². The van der Waals surface area contributed by atoms with Crippen molar-refractivity contribution in [3.63, 3.8) is 0 Å². The van der Waals surface area contributed by atoms with Crippen LogP contribution in [-0.4, -0.2) is 7.05 Å². The fourth-order valence-electron chi connectivity index (χ4n) is 1.35. The zero-order valence-electron chi connectivity index (χ0n) is 8.80. The summed E-state index contributed by atoms with van der Waals surface area (Å²) in [4.78, 5) is 0. The van der Waals surface area contributed by atoms with Gasteiger partial charge in [-0.25, -0.2) is 0 Å². The lowest BCUT2D eigenvalue weighted by Crippen LogP contribution is -1.97. The first kappa shape index (κ1) is 10.1. The van der Waals surface area contributed by atoms with Crippen LogP contribution < -0.4 is 5.32 Å². The molecule has 0 spiro atoms. The first-order valence-corrected chi connectivity index (χ1v) is 5.03. The molecule has 13 heavy (non-hydrogen) atoms. The Labute approximate surface area is 81.2 Å². The number of anilines is 1. The van der Waals surface area contributed by atoms with Gasteiger partial charge in [-0.05, 0) is 30.0 Å². The molecule has 0 fully saturated rings. The summed E-state index contributed by atoms with van der Waals surface area (Å²) in [7, 11) is 1.95. The summed E-state index contributed by atoms with van der Waals surface area (Å²) in [6, 6.07) is 8.69. The van der Waals surface area contributed by atoms with Crippen LogP contribution in [0.15, 0.2) is 24.3 Å². The average molecular weight is 177 g/mol. The molecular formula is C12H19N. The number of rotatable bonds is 4. The topological polar surface area (TPSA) is 12.0 Å². The van der Waals surface area contributed by atoms with Crippen molar-refractivity contribution in [1.82, 2.24) is 0 Å². The zero-order chi connectivity index (χ0) is 9.68. The van der Waals surface area contributed by atoms with E-state index in [1.807, 2.05) is 7.05 Å². The van der Waals surface area contributed by atoms with Crippen LogP contribution >= 0.6 is 0 Å². The second kappa shape index (κ2) is 4.90. The molecule has 1 heteroatoms. The normalized spacial score (nSPS) is 12.5. The Balaban J connectivity index is 2.58. The van der Waals surface area contributed by atoms with Crippen molar-refractivity contribution in [3.05, 3.63) is 29.8 Å². The fourth-order valence-corrected chi connectivity index (χ4v) is 1.35. The van der Waals surface area contributed by atoms with E-state index in [9.17, 15) is 0 Å². The average Bonchev–Trinajstić information content (AvgIpc) is 2.19. The zero-order valence-corrected chi connectivity index (χ0v) is 8.80. The first-order valence-electron chi connectivity index (χ1n) is 5.03. The van der Waals surface area contributed by atoms with Crippen LogP contribution in [0, 0.1) is 5.92 Å². The maximum absolute atomic E-state index is 3.12. The van der Waals surface area contributed by atoms with E-state index >= 15 is 0 Å². The van der Waals surface area contributed by atoms with Gasteiger partial charge in [-0.15, -0.1) is 0 Å². The van der Waals surface area contributed by atoms with E-state index in [4.69, 9.17) is 0 Å². The molecule has 1 atom stereocenters. The third-order valence-electron chi connectivity index (χ3n) is 2.52. The summed E-state index contributed by atoms with van der Waals surface area (Å²) in [5.74, 6) is 0.792. The number of hydrogen-bond donors (Lipinski definition) is 1. The summed E-state index contributed by atoms with van der Waals surface area (Å²) in [5.41, 5.74) is 2.63. The van der Waals surface area contributed by atoms with Crippen molar-refractivity contribution in [3.8, 4) is 0 Å². The van der Waals surface area contributed by atoms with E-state index in [0.717, 1.165) is 5.92 Å². The van der Waals surface area contributed by atoms with Crippen LogP contribution in [0.5, 0.6) is 0 Å². The van der Waals surface area contributed by atoms with E-state index < -0.39 is 0 Å². The molecular weight excluding hydrogens is 158 g/mol. The SMILES string of the molecule is CCC(C)Cc1ccc(NC)cc1. The molecule has 1 rings (SSSR count). The van der Waals surface area contributed by atoms with Crippen molar-refractivity contribution >= 4 is 5.69 Å². The Morgan fingerprint density at radius 2 is 1.85 bits per heavy atom. The molecule has 0 radical (unpaired) electrons. The monoisotopic (exact) mass is 177 g/mol. The van der Waals surface area contributed by atoms with Crippen molar-refractivity contribution in [2.45, 2.75) is 26.7 Å². The summed E-state index contributed by atoms with van der Waals surface area (Å²) in [5, 5.41) is 3.12. The van der Waals surface area contributed by atoms with Gasteiger partial charge in [0.2, 0.25) is 0 Å². The molecule has 0 saturated heterocycles. The molecule has 1 aromatic rings. The first-order chi connectivity index (χ1) is 6.26. The molecule has 0 aliphatic carbocycles. The molecule has 72 valence electrons. The molecule has 1 nitrogen and oxygen atoms in total. The Kier molecular flexibility index (Phi) is 3.81. The molecule has 0 amide bonds. The van der Waals surface area contributed by atoms with Crippen LogP contribution in [0.1, 0.15) is 25.8 Å². The lowest BCUT2D eigenvalue weighted by molar-refractivity contribution is 0.560. The summed E-state index contributed by atoms with van der Waals surface area (Å²) in [6.45, 7) is 4.54. The van der Waals surface area contributed by atoms with E-state index in [1.165, 1.54) is 24.1 Å². The Bertz CT molecular complexity index is 238. The number of nitrogens with one attached hydrogen (secondary N) is 1. The van der Waals surface area contributed by atoms with Crippen molar-refractivity contribution in [1.29, 1.82) is 0 Å². The minimum absolute atomic E-state index is 0.792. The highest BCUT2D eigenvalue weighted by molar-refractivity contribution is 5.43. The van der Waals surface area contributed by atoms with Gasteiger partial charge in [0.15, 0.2) is 0 Å². The van der Waals surface area contributed by atoms with Gasteiger partial charge in [0, 0.05) is 12.7 Å². The Morgan fingerprint density at radius 1 is 1.23 bits per heavy atom. The van der Waals surface area contributed by atoms with E-state index in [2.05, 4.69) is 43.4 Å². The third kappa shape index (κ3) is 3.10. The maximum atomic E-state index is 3.12. The van der Waals surface area contributed by atoms with Crippen LogP contribution in [0.25, 0.3) is 0 Å². The highest BCUT2D eigenvalue weighted by Crippen LogP contribution is 2.14. The molecule has 0 aliphatic heterocycles. The van der Waals surface area contributed by atoms with Crippen LogP contribution in [0.4, 0.5) is 5.69 Å². The van der Waals surface area contributed by atoms with Crippen LogP contribution in [-0.2, 0) is 6.42 Å². The van der Waals surface area contributed by atoms with Gasteiger partial charge in [0.05, 0.1) is 0 Å². The molecule has 1 N–H and O–H groups in total. The highest BCUT2D eigenvalue weighted by atomic mass is 14.8. The lowest BCUT2D eigenvalue weighted by Gasteiger charge is -2.08. The smallest absolute Gasteiger partial charge is 0.0337 e. The van der Waals surface area contributed by atoms with E-state index in [0.29, 0.717) is 0 Å². The van der Waals surface area contributed by atoms with Gasteiger partial charge in [0.25, 0.3) is 0 Å². The van der Waals surface area contributed by atoms with Gasteiger partial charge < -0.3 is 5.32 Å². The quantitative estimate of drug-likeness (QED) is 0.744. The predicted molar refractivity (Wildman–Crippen MR) is 59.1 cm³/mol. The van der Waals surface area contributed by atoms with Crippen LogP contribution in [0.2, 0.25) is 0 Å². The summed E-state index contributed by atoms with van der Waals surface area (Å²) < 4.78 is 0. The molecule has 0 aliphatic rings. The van der Waals surface area contributed by atoms with Crippen molar-refractivity contribution in [2.24, 2.45) is 5.92 Å². The molecule has 1 aromatic carbocycles. The minimum atomic E-state index is 0.792. The molecule has 0 bridgehead atoms. The highest BCUT2D eigenvalue weighted by Gasteiger charge is 2.00. The standard InChI is InChI=1S/C12H19N/c1-4-10(2)9-11-5-7-12(13-3)8-6-11/h5-8,10,13H,4,9H2,1-3H3. The fraction of sp³-hybridized carbons (Fsp3) is 0.500. The Morgan fingerprint density at radius 3 is 2.31 bits per heavy atom. The van der Waals surface area contributed by atoms with Crippen molar-refractivity contribution < 1.29 is 0 Å². The van der Waals surface area contributed by atoms with E-state index in [-0.39, 0.29) is 0 Å². The molecule has 0 aromatic heterocycles. The second-order valence-corrected chi connectivity index (χ2v) is 3.66. The largest absolute Gasteiger partial charge is 0.388 e. The molecule has 1 unspecified atom stereocenters. The Hall–Kier alpha value is -0.980. The number of hydrogen-bond acceptors (Lipinski definition) is 1. The predicted octanol–water partition coefficient (Wildman–Crippen LogP) is 3.32. The number of benzene rings is 1. The van der Waals surface area contributed by atoms with Crippen molar-refractivity contribution in [2.75, 3.05) is 12.4 Å². The van der Waals surface area contributed by atoms with Gasteiger partial charge in [0.1, 0.15) is 0 Å². The molecule has 0 saturated carbocycles. The van der Waals surface area contributed by atoms with Gasteiger partial charge >= 0.3 is 0 Å². The third-order valence-corrected chi connectivity index (χ3v) is 2.52. The maximum Gasteiger partial charge on any atom is 0.0337 e. The lowest BCUT2D eigenvalue weighted by atomic mass is 9.99. The molecule has 0 heterocycles.